The molecule has 0 radical (unpaired) electrons. The second kappa shape index (κ2) is 9.23. The average Bonchev–Trinajstić information content (AvgIpc) is 3.36. The van der Waals surface area contributed by atoms with Gasteiger partial charge in [-0.3, -0.25) is 9.48 Å². The molecular formula is C23H21ClFN5O2. The Balaban J connectivity index is 1.37. The van der Waals surface area contributed by atoms with Crippen LogP contribution in [0.15, 0.2) is 60.9 Å². The van der Waals surface area contributed by atoms with Crippen LogP contribution in [0.2, 0.25) is 5.02 Å². The minimum absolute atomic E-state index is 0.171. The van der Waals surface area contributed by atoms with Crippen LogP contribution in [0.1, 0.15) is 27.2 Å². The lowest BCUT2D eigenvalue weighted by molar-refractivity contribution is 0.101. The van der Waals surface area contributed by atoms with Crippen molar-refractivity contribution in [2.24, 2.45) is 0 Å². The highest BCUT2D eigenvalue weighted by Crippen LogP contribution is 2.21. The summed E-state index contributed by atoms with van der Waals surface area (Å²) < 4.78 is 21.9. The lowest BCUT2D eigenvalue weighted by atomic mass is 10.1. The summed E-state index contributed by atoms with van der Waals surface area (Å²) in [6.07, 6.45) is 3.25. The van der Waals surface area contributed by atoms with E-state index in [0.29, 0.717) is 6.54 Å². The molecule has 2 heterocycles. The van der Waals surface area contributed by atoms with Crippen LogP contribution in [0.5, 0.6) is 5.75 Å². The van der Waals surface area contributed by atoms with Crippen molar-refractivity contribution in [3.05, 3.63) is 94.1 Å². The number of carbonyl (C=O) groups is 1. The van der Waals surface area contributed by atoms with Crippen molar-refractivity contribution in [3.8, 4) is 5.75 Å². The Morgan fingerprint density at radius 2 is 1.88 bits per heavy atom. The standard InChI is InChI=1S/C23H21ClFN5O2/c1-15-3-8-21(16(2)11-15)32-14-29-10-9-20(27-29)23(31)26-22-19(24)13-30(28-22)12-17-4-6-18(25)7-5-17/h3-11,13H,12,14H2,1-2H3,(H,26,28,31). The fourth-order valence-electron chi connectivity index (χ4n) is 3.16. The molecule has 2 aromatic heterocycles. The number of benzene rings is 2. The van der Waals surface area contributed by atoms with Crippen LogP contribution in [-0.2, 0) is 13.3 Å². The zero-order valence-corrected chi connectivity index (χ0v) is 18.3. The number of amides is 1. The minimum atomic E-state index is -0.441. The molecule has 32 heavy (non-hydrogen) atoms. The van der Waals surface area contributed by atoms with Crippen molar-refractivity contribution in [2.75, 3.05) is 5.32 Å². The molecule has 4 rings (SSSR count). The van der Waals surface area contributed by atoms with Gasteiger partial charge in [0.15, 0.2) is 18.2 Å². The maximum Gasteiger partial charge on any atom is 0.277 e. The van der Waals surface area contributed by atoms with Crippen LogP contribution < -0.4 is 10.1 Å². The molecule has 0 atom stereocenters. The van der Waals surface area contributed by atoms with Gasteiger partial charge < -0.3 is 10.1 Å². The molecular weight excluding hydrogens is 433 g/mol. The predicted molar refractivity (Wildman–Crippen MR) is 119 cm³/mol. The second-order valence-electron chi connectivity index (χ2n) is 7.39. The molecule has 0 aliphatic heterocycles. The van der Waals surface area contributed by atoms with E-state index < -0.39 is 5.91 Å². The maximum atomic E-state index is 13.1. The van der Waals surface area contributed by atoms with Crippen LogP contribution in [0.25, 0.3) is 0 Å². The number of halogens is 2. The highest BCUT2D eigenvalue weighted by Gasteiger charge is 2.15. The molecule has 1 N–H and O–H groups in total. The Labute approximate surface area is 189 Å². The number of hydrogen-bond acceptors (Lipinski definition) is 4. The normalized spacial score (nSPS) is 10.9. The molecule has 0 saturated heterocycles. The van der Waals surface area contributed by atoms with Crippen molar-refractivity contribution in [3.63, 3.8) is 0 Å². The van der Waals surface area contributed by atoms with E-state index in [1.165, 1.54) is 16.8 Å². The summed E-state index contributed by atoms with van der Waals surface area (Å²) in [4.78, 5) is 12.6. The van der Waals surface area contributed by atoms with E-state index in [2.05, 4.69) is 15.5 Å². The van der Waals surface area contributed by atoms with Gasteiger partial charge in [0.1, 0.15) is 16.6 Å². The van der Waals surface area contributed by atoms with Crippen molar-refractivity contribution < 1.29 is 13.9 Å². The summed E-state index contributed by atoms with van der Waals surface area (Å²) >= 11 is 6.21. The number of nitrogens with one attached hydrogen (secondary N) is 1. The first-order chi connectivity index (χ1) is 15.4. The van der Waals surface area contributed by atoms with E-state index in [-0.39, 0.29) is 29.1 Å². The molecule has 0 fully saturated rings. The fourth-order valence-corrected chi connectivity index (χ4v) is 3.36. The Hall–Kier alpha value is -3.65. The molecule has 164 valence electrons. The first-order valence-electron chi connectivity index (χ1n) is 9.89. The number of aryl methyl sites for hydroxylation is 2. The zero-order chi connectivity index (χ0) is 22.7. The van der Waals surface area contributed by atoms with E-state index in [1.807, 2.05) is 32.0 Å². The number of aromatic nitrogens is 4. The molecule has 0 aliphatic rings. The molecule has 2 aromatic carbocycles. The van der Waals surface area contributed by atoms with Gasteiger partial charge >= 0.3 is 0 Å². The quantitative estimate of drug-likeness (QED) is 0.435. The molecule has 0 saturated carbocycles. The van der Waals surface area contributed by atoms with E-state index in [9.17, 15) is 9.18 Å². The van der Waals surface area contributed by atoms with Gasteiger partial charge in [-0.25, -0.2) is 9.07 Å². The minimum Gasteiger partial charge on any atom is -0.471 e. The van der Waals surface area contributed by atoms with Gasteiger partial charge in [-0.15, -0.1) is 0 Å². The molecule has 1 amide bonds. The van der Waals surface area contributed by atoms with Gasteiger partial charge in [0.05, 0.1) is 6.54 Å². The third-order valence-corrected chi connectivity index (χ3v) is 5.04. The molecule has 0 bridgehead atoms. The molecule has 0 spiro atoms. The summed E-state index contributed by atoms with van der Waals surface area (Å²) in [5, 5.41) is 11.5. The van der Waals surface area contributed by atoms with Crippen LogP contribution in [0.4, 0.5) is 10.2 Å². The lowest BCUT2D eigenvalue weighted by Gasteiger charge is -2.09. The van der Waals surface area contributed by atoms with Gasteiger partial charge in [-0.2, -0.15) is 10.2 Å². The largest absolute Gasteiger partial charge is 0.471 e. The van der Waals surface area contributed by atoms with Gasteiger partial charge in [-0.05, 0) is 49.2 Å². The second-order valence-corrected chi connectivity index (χ2v) is 7.79. The molecule has 4 aromatic rings. The van der Waals surface area contributed by atoms with Crippen LogP contribution >= 0.6 is 11.6 Å². The number of carbonyl (C=O) groups excluding carboxylic acids is 1. The summed E-state index contributed by atoms with van der Waals surface area (Å²) in [5.41, 5.74) is 3.25. The van der Waals surface area contributed by atoms with Crippen molar-refractivity contribution in [1.29, 1.82) is 0 Å². The average molecular weight is 454 g/mol. The highest BCUT2D eigenvalue weighted by molar-refractivity contribution is 6.33. The van der Waals surface area contributed by atoms with Crippen molar-refractivity contribution >= 4 is 23.3 Å². The summed E-state index contributed by atoms with van der Waals surface area (Å²) in [5.74, 6) is 0.235. The van der Waals surface area contributed by atoms with Gasteiger partial charge in [0.2, 0.25) is 0 Å². The Bertz CT molecular complexity index is 1250. The Kier molecular flexibility index (Phi) is 6.23. The van der Waals surface area contributed by atoms with Crippen molar-refractivity contribution in [1.82, 2.24) is 19.6 Å². The SMILES string of the molecule is Cc1ccc(OCn2ccc(C(=O)Nc3nn(Cc4ccc(F)cc4)cc3Cl)n2)c(C)c1. The van der Waals surface area contributed by atoms with Crippen LogP contribution in [0.3, 0.4) is 0 Å². The third-order valence-electron chi connectivity index (χ3n) is 4.76. The predicted octanol–water partition coefficient (Wildman–Crippen LogP) is 4.83. The van der Waals surface area contributed by atoms with Gasteiger partial charge in [-0.1, -0.05) is 41.4 Å². The first kappa shape index (κ1) is 21.6. The maximum absolute atomic E-state index is 13.1. The number of anilines is 1. The lowest BCUT2D eigenvalue weighted by Crippen LogP contribution is -2.15. The van der Waals surface area contributed by atoms with E-state index >= 15 is 0 Å². The summed E-state index contributed by atoms with van der Waals surface area (Å²) in [7, 11) is 0. The van der Waals surface area contributed by atoms with Crippen molar-refractivity contribution in [2.45, 2.75) is 27.1 Å². The third kappa shape index (κ3) is 5.15. The Morgan fingerprint density at radius 3 is 2.62 bits per heavy atom. The highest BCUT2D eigenvalue weighted by atomic mass is 35.5. The number of nitrogens with zero attached hydrogens (tertiary/aromatic N) is 4. The monoisotopic (exact) mass is 453 g/mol. The van der Waals surface area contributed by atoms with Crippen LogP contribution in [0, 0.1) is 19.7 Å². The summed E-state index contributed by atoms with van der Waals surface area (Å²) in [6, 6.07) is 13.6. The topological polar surface area (TPSA) is 74.0 Å². The number of hydrogen-bond donors (Lipinski definition) is 1. The van der Waals surface area contributed by atoms with E-state index in [0.717, 1.165) is 22.4 Å². The molecule has 0 unspecified atom stereocenters. The molecule has 7 nitrogen and oxygen atoms in total. The van der Waals surface area contributed by atoms with Gasteiger partial charge in [0.25, 0.3) is 5.91 Å². The molecule has 0 aliphatic carbocycles. The number of rotatable bonds is 7. The zero-order valence-electron chi connectivity index (χ0n) is 17.5. The van der Waals surface area contributed by atoms with Gasteiger partial charge in [0, 0.05) is 12.4 Å². The smallest absolute Gasteiger partial charge is 0.277 e. The molecule has 9 heteroatoms. The first-order valence-corrected chi connectivity index (χ1v) is 10.3. The fraction of sp³-hybridized carbons (Fsp3) is 0.174. The number of ether oxygens (including phenoxy) is 1. The van der Waals surface area contributed by atoms with E-state index in [4.69, 9.17) is 16.3 Å². The summed E-state index contributed by atoms with van der Waals surface area (Å²) in [6.45, 7) is 4.56. The Morgan fingerprint density at radius 1 is 1.09 bits per heavy atom. The van der Waals surface area contributed by atoms with E-state index in [1.54, 1.807) is 35.3 Å². The van der Waals surface area contributed by atoms with Crippen LogP contribution in [-0.4, -0.2) is 25.5 Å².